The van der Waals surface area contributed by atoms with Crippen LogP contribution in [0.1, 0.15) is 61.3 Å². The van der Waals surface area contributed by atoms with E-state index in [9.17, 15) is 29.4 Å². The minimum absolute atomic E-state index is 0.150. The highest BCUT2D eigenvalue weighted by molar-refractivity contribution is 6.24. The number of aliphatic carboxylic acids is 2. The predicted octanol–water partition coefficient (Wildman–Crippen LogP) is 1.71. The van der Waals surface area contributed by atoms with Crippen LogP contribution < -0.4 is 11.5 Å². The lowest BCUT2D eigenvalue weighted by Crippen LogP contribution is -2.58. The van der Waals surface area contributed by atoms with Crippen molar-refractivity contribution in [1.29, 1.82) is 0 Å². The maximum atomic E-state index is 13.0. The maximum absolute atomic E-state index is 13.0. The lowest BCUT2D eigenvalue weighted by Gasteiger charge is -2.28. The molecular formula is C20H28N2O6. The van der Waals surface area contributed by atoms with E-state index >= 15 is 0 Å². The highest BCUT2D eigenvalue weighted by Crippen LogP contribution is 2.27. The van der Waals surface area contributed by atoms with E-state index in [1.54, 1.807) is 27.7 Å². The van der Waals surface area contributed by atoms with Crippen molar-refractivity contribution < 1.29 is 29.4 Å². The number of carboxylic acids is 2. The number of rotatable bonds is 10. The fraction of sp³-hybridized carbons (Fsp3) is 0.500. The van der Waals surface area contributed by atoms with Gasteiger partial charge in [0.05, 0.1) is 0 Å². The Morgan fingerprint density at radius 2 is 1.07 bits per heavy atom. The van der Waals surface area contributed by atoms with Crippen molar-refractivity contribution in [3.63, 3.8) is 0 Å². The topological polar surface area (TPSA) is 161 Å². The van der Waals surface area contributed by atoms with Gasteiger partial charge in [-0.2, -0.15) is 0 Å². The van der Waals surface area contributed by atoms with Gasteiger partial charge in [-0.3, -0.25) is 9.59 Å². The van der Waals surface area contributed by atoms with Crippen molar-refractivity contribution in [2.24, 2.45) is 23.3 Å². The first-order valence-electron chi connectivity index (χ1n) is 9.00. The van der Waals surface area contributed by atoms with Crippen LogP contribution in [0.5, 0.6) is 0 Å². The molecule has 0 fully saturated rings. The summed E-state index contributed by atoms with van der Waals surface area (Å²) in [4.78, 5) is 49.6. The minimum Gasteiger partial charge on any atom is -0.480 e. The fourth-order valence-corrected chi connectivity index (χ4v) is 3.20. The SMILES string of the molecule is CC(C)CC(N)(C(=O)O)C(=O)c1ccccc1C(=O)C(N)(CC(C)C)C(=O)O. The molecule has 1 aromatic rings. The standard InChI is InChI=1S/C20H28N2O6/c1-11(2)9-19(21,17(25)26)15(23)13-7-5-6-8-14(13)16(24)20(22,18(27)28)10-12(3)4/h5-8,11-12H,9-10,21-22H2,1-4H3,(H,25,26)(H,27,28). The number of benzene rings is 1. The summed E-state index contributed by atoms with van der Waals surface area (Å²) in [5, 5.41) is 19.1. The van der Waals surface area contributed by atoms with E-state index in [4.69, 9.17) is 11.5 Å². The van der Waals surface area contributed by atoms with Gasteiger partial charge in [-0.05, 0) is 24.7 Å². The number of hydrogen-bond donors (Lipinski definition) is 4. The first-order chi connectivity index (χ1) is 12.8. The number of ketones is 2. The van der Waals surface area contributed by atoms with Crippen molar-refractivity contribution in [3.8, 4) is 0 Å². The quantitative estimate of drug-likeness (QED) is 0.345. The first kappa shape index (κ1) is 23.5. The number of carboxylic acid groups (broad SMARTS) is 2. The predicted molar refractivity (Wildman–Crippen MR) is 103 cm³/mol. The minimum atomic E-state index is -2.25. The molecule has 0 spiro atoms. The van der Waals surface area contributed by atoms with Crippen LogP contribution in [0.4, 0.5) is 0 Å². The normalized spacial score (nSPS) is 15.7. The van der Waals surface area contributed by atoms with E-state index in [2.05, 4.69) is 0 Å². The molecule has 0 aromatic heterocycles. The Morgan fingerprint density at radius 1 is 0.786 bits per heavy atom. The van der Waals surface area contributed by atoms with E-state index < -0.39 is 34.6 Å². The summed E-state index contributed by atoms with van der Waals surface area (Å²) in [6.07, 6.45) is -0.301. The molecule has 8 nitrogen and oxygen atoms in total. The van der Waals surface area contributed by atoms with Crippen LogP contribution in [0, 0.1) is 11.8 Å². The zero-order valence-electron chi connectivity index (χ0n) is 16.6. The van der Waals surface area contributed by atoms with Gasteiger partial charge in [0, 0.05) is 11.1 Å². The number of hydrogen-bond acceptors (Lipinski definition) is 6. The monoisotopic (exact) mass is 392 g/mol. The average Bonchev–Trinajstić information content (AvgIpc) is 2.58. The zero-order valence-corrected chi connectivity index (χ0v) is 16.6. The highest BCUT2D eigenvalue weighted by Gasteiger charge is 2.47. The molecule has 0 aliphatic rings. The summed E-state index contributed by atoms with van der Waals surface area (Å²) in [5.74, 6) is -5.38. The van der Waals surface area contributed by atoms with Gasteiger partial charge in [-0.15, -0.1) is 0 Å². The summed E-state index contributed by atoms with van der Waals surface area (Å²) in [7, 11) is 0. The molecule has 0 saturated carbocycles. The van der Waals surface area contributed by atoms with Gasteiger partial charge in [0.15, 0.2) is 22.6 Å². The van der Waals surface area contributed by atoms with Crippen molar-refractivity contribution in [2.75, 3.05) is 0 Å². The molecule has 28 heavy (non-hydrogen) atoms. The van der Waals surface area contributed by atoms with Gasteiger partial charge in [0.25, 0.3) is 0 Å². The number of Topliss-reactive ketones (excluding diaryl/α,β-unsaturated/α-hetero) is 2. The number of nitrogens with two attached hydrogens (primary N) is 2. The Labute approximate surface area is 163 Å². The van der Waals surface area contributed by atoms with Crippen molar-refractivity contribution in [2.45, 2.75) is 51.6 Å². The van der Waals surface area contributed by atoms with Crippen LogP contribution in [0.25, 0.3) is 0 Å². The molecule has 0 bridgehead atoms. The summed E-state index contributed by atoms with van der Waals surface area (Å²) < 4.78 is 0. The Hall–Kier alpha value is -2.58. The van der Waals surface area contributed by atoms with E-state index in [0.29, 0.717) is 0 Å². The summed E-state index contributed by atoms with van der Waals surface area (Å²) in [6, 6.07) is 5.42. The second kappa shape index (κ2) is 8.62. The van der Waals surface area contributed by atoms with Gasteiger partial charge in [-0.1, -0.05) is 52.0 Å². The molecule has 1 rings (SSSR count). The molecule has 0 saturated heterocycles. The Balaban J connectivity index is 3.55. The molecule has 2 unspecified atom stereocenters. The highest BCUT2D eigenvalue weighted by atomic mass is 16.4. The molecule has 0 aliphatic heterocycles. The Kier molecular flexibility index (Phi) is 7.22. The van der Waals surface area contributed by atoms with Gasteiger partial charge >= 0.3 is 11.9 Å². The lowest BCUT2D eigenvalue weighted by atomic mass is 9.77. The van der Waals surface area contributed by atoms with Gasteiger partial charge in [-0.25, -0.2) is 9.59 Å². The Morgan fingerprint density at radius 3 is 1.29 bits per heavy atom. The van der Waals surface area contributed by atoms with Crippen molar-refractivity contribution in [3.05, 3.63) is 35.4 Å². The van der Waals surface area contributed by atoms with Gasteiger partial charge in [0.2, 0.25) is 0 Å². The molecule has 1 aromatic carbocycles. The summed E-state index contributed by atoms with van der Waals surface area (Å²) in [5.41, 5.74) is 6.86. The second-order valence-electron chi connectivity index (χ2n) is 7.95. The van der Waals surface area contributed by atoms with Crippen LogP contribution in [-0.4, -0.2) is 44.8 Å². The fourth-order valence-electron chi connectivity index (χ4n) is 3.20. The third-order valence-electron chi connectivity index (χ3n) is 4.45. The molecule has 0 heterocycles. The van der Waals surface area contributed by atoms with Crippen LogP contribution in [0.15, 0.2) is 24.3 Å². The third-order valence-corrected chi connectivity index (χ3v) is 4.45. The van der Waals surface area contributed by atoms with E-state index in [-0.39, 0.29) is 35.8 Å². The van der Waals surface area contributed by atoms with Crippen LogP contribution in [-0.2, 0) is 9.59 Å². The van der Waals surface area contributed by atoms with E-state index in [0.717, 1.165) is 0 Å². The van der Waals surface area contributed by atoms with Crippen LogP contribution in [0.3, 0.4) is 0 Å². The molecule has 2 atom stereocenters. The van der Waals surface area contributed by atoms with Crippen molar-refractivity contribution >= 4 is 23.5 Å². The first-order valence-corrected chi connectivity index (χ1v) is 9.00. The molecule has 8 heteroatoms. The molecule has 154 valence electrons. The zero-order chi connectivity index (χ0) is 21.9. The van der Waals surface area contributed by atoms with E-state index in [1.807, 2.05) is 0 Å². The van der Waals surface area contributed by atoms with Crippen LogP contribution >= 0.6 is 0 Å². The molecule has 0 radical (unpaired) electrons. The summed E-state index contributed by atoms with van der Waals surface area (Å²) >= 11 is 0. The summed E-state index contributed by atoms with van der Waals surface area (Å²) in [6.45, 7) is 6.86. The smallest absolute Gasteiger partial charge is 0.331 e. The molecule has 0 amide bonds. The van der Waals surface area contributed by atoms with Crippen LogP contribution in [0.2, 0.25) is 0 Å². The van der Waals surface area contributed by atoms with Crippen molar-refractivity contribution in [1.82, 2.24) is 0 Å². The molecular weight excluding hydrogens is 364 g/mol. The second-order valence-corrected chi connectivity index (χ2v) is 7.95. The van der Waals surface area contributed by atoms with E-state index in [1.165, 1.54) is 24.3 Å². The Bertz CT molecular complexity index is 724. The molecule has 0 aliphatic carbocycles. The largest absolute Gasteiger partial charge is 0.480 e. The van der Waals surface area contributed by atoms with Gasteiger partial charge in [0.1, 0.15) is 0 Å². The molecule has 6 N–H and O–H groups in total. The number of carbonyl (C=O) groups is 4. The lowest BCUT2D eigenvalue weighted by molar-refractivity contribution is -0.143. The third kappa shape index (κ3) is 4.63. The maximum Gasteiger partial charge on any atom is 0.331 e. The average molecular weight is 392 g/mol. The number of carbonyl (C=O) groups excluding carboxylic acids is 2. The van der Waals surface area contributed by atoms with Gasteiger partial charge < -0.3 is 21.7 Å².